The summed E-state index contributed by atoms with van der Waals surface area (Å²) < 4.78 is 10.6. The van der Waals surface area contributed by atoms with Crippen LogP contribution in [0.25, 0.3) is 0 Å². The van der Waals surface area contributed by atoms with E-state index in [2.05, 4.69) is 26.8 Å². The molecule has 0 aliphatic carbocycles. The molecule has 2 rings (SSSR count). The Bertz CT molecular complexity index is 572. The maximum absolute atomic E-state index is 11.8. The van der Waals surface area contributed by atoms with Crippen molar-refractivity contribution in [2.75, 3.05) is 13.2 Å². The highest BCUT2D eigenvalue weighted by molar-refractivity contribution is 9.10. The number of benzene rings is 1. The number of nitrogens with one attached hydrogen (secondary N) is 2. The van der Waals surface area contributed by atoms with Crippen LogP contribution in [0.2, 0.25) is 0 Å². The lowest BCUT2D eigenvalue weighted by atomic mass is 10.2. The number of ether oxygens (including phenoxy) is 2. The number of hydrogen-bond acceptors (Lipinski definition) is 5. The number of carbonyl (C=O) groups excluding carboxylic acids is 3. The van der Waals surface area contributed by atoms with Gasteiger partial charge in [0, 0.05) is 11.1 Å². The largest absolute Gasteiger partial charge is 0.454 e. The van der Waals surface area contributed by atoms with Gasteiger partial charge >= 0.3 is 5.97 Å². The average molecular weight is 371 g/mol. The van der Waals surface area contributed by atoms with E-state index in [1.165, 1.54) is 0 Å². The molecular weight excluding hydrogens is 356 g/mol. The van der Waals surface area contributed by atoms with Crippen molar-refractivity contribution in [3.8, 4) is 0 Å². The minimum atomic E-state index is -0.633. The molecule has 1 fully saturated rings. The van der Waals surface area contributed by atoms with Gasteiger partial charge in [-0.2, -0.15) is 0 Å². The minimum absolute atomic E-state index is 0.374. The number of rotatable bonds is 4. The van der Waals surface area contributed by atoms with Crippen LogP contribution >= 0.6 is 15.9 Å². The van der Waals surface area contributed by atoms with Gasteiger partial charge < -0.3 is 9.47 Å². The van der Waals surface area contributed by atoms with Crippen molar-refractivity contribution in [1.29, 1.82) is 0 Å². The molecule has 1 aromatic rings. The van der Waals surface area contributed by atoms with E-state index >= 15 is 0 Å². The van der Waals surface area contributed by atoms with Gasteiger partial charge in [-0.15, -0.1) is 0 Å². The fourth-order valence-corrected chi connectivity index (χ4v) is 2.33. The van der Waals surface area contributed by atoms with E-state index in [0.29, 0.717) is 23.1 Å². The van der Waals surface area contributed by atoms with Gasteiger partial charge in [0.15, 0.2) is 12.7 Å². The van der Waals surface area contributed by atoms with Gasteiger partial charge in [-0.3, -0.25) is 20.4 Å². The molecule has 22 heavy (non-hydrogen) atoms. The highest BCUT2D eigenvalue weighted by atomic mass is 79.9. The first-order valence-electron chi connectivity index (χ1n) is 6.70. The molecule has 0 saturated carbocycles. The first-order valence-corrected chi connectivity index (χ1v) is 7.49. The monoisotopic (exact) mass is 370 g/mol. The second-order valence-corrected chi connectivity index (χ2v) is 5.45. The molecule has 7 nitrogen and oxygen atoms in total. The van der Waals surface area contributed by atoms with Gasteiger partial charge in [-0.05, 0) is 40.9 Å². The molecule has 0 radical (unpaired) electrons. The first-order chi connectivity index (χ1) is 10.6. The van der Waals surface area contributed by atoms with Crippen LogP contribution in [-0.4, -0.2) is 37.1 Å². The Morgan fingerprint density at radius 2 is 2.05 bits per heavy atom. The third-order valence-corrected chi connectivity index (χ3v) is 3.66. The zero-order valence-electron chi connectivity index (χ0n) is 11.6. The van der Waals surface area contributed by atoms with Gasteiger partial charge in [0.1, 0.15) is 0 Å². The van der Waals surface area contributed by atoms with E-state index in [-0.39, 0.29) is 0 Å². The van der Waals surface area contributed by atoms with Crippen LogP contribution < -0.4 is 10.9 Å². The molecule has 1 aliphatic heterocycles. The Hall–Kier alpha value is -1.93. The molecule has 0 bridgehead atoms. The van der Waals surface area contributed by atoms with Crippen LogP contribution in [-0.2, 0) is 19.1 Å². The van der Waals surface area contributed by atoms with Crippen LogP contribution in [0.5, 0.6) is 0 Å². The second kappa shape index (κ2) is 7.90. The lowest BCUT2D eigenvalue weighted by molar-refractivity contribution is -0.157. The quantitative estimate of drug-likeness (QED) is 0.607. The molecule has 1 saturated heterocycles. The van der Waals surface area contributed by atoms with Crippen molar-refractivity contribution in [3.63, 3.8) is 0 Å². The van der Waals surface area contributed by atoms with Gasteiger partial charge in [0.05, 0.1) is 5.56 Å². The Morgan fingerprint density at radius 1 is 1.27 bits per heavy atom. The van der Waals surface area contributed by atoms with E-state index in [1.807, 2.05) is 0 Å². The summed E-state index contributed by atoms with van der Waals surface area (Å²) in [4.78, 5) is 34.9. The van der Waals surface area contributed by atoms with Crippen LogP contribution in [0.1, 0.15) is 23.2 Å². The van der Waals surface area contributed by atoms with Gasteiger partial charge in [-0.25, -0.2) is 4.79 Å². The van der Waals surface area contributed by atoms with Crippen LogP contribution in [0.3, 0.4) is 0 Å². The molecule has 1 aromatic carbocycles. The molecule has 0 spiro atoms. The van der Waals surface area contributed by atoms with E-state index in [0.717, 1.165) is 6.42 Å². The van der Waals surface area contributed by atoms with Crippen LogP contribution in [0.4, 0.5) is 0 Å². The smallest absolute Gasteiger partial charge is 0.335 e. The van der Waals surface area contributed by atoms with Gasteiger partial charge in [0.2, 0.25) is 0 Å². The molecule has 1 aliphatic rings. The summed E-state index contributed by atoms with van der Waals surface area (Å²) in [5.74, 6) is -1.68. The van der Waals surface area contributed by atoms with Gasteiger partial charge in [-0.1, -0.05) is 12.1 Å². The summed E-state index contributed by atoms with van der Waals surface area (Å²) in [5, 5.41) is 0. The molecule has 1 heterocycles. The van der Waals surface area contributed by atoms with Crippen molar-refractivity contribution in [2.45, 2.75) is 18.9 Å². The van der Waals surface area contributed by atoms with Crippen molar-refractivity contribution >= 4 is 33.7 Å². The molecule has 2 N–H and O–H groups in total. The highest BCUT2D eigenvalue weighted by Gasteiger charge is 2.25. The number of carbonyl (C=O) groups is 3. The summed E-state index contributed by atoms with van der Waals surface area (Å²) in [6, 6.07) is 6.78. The fraction of sp³-hybridized carbons (Fsp3) is 0.357. The van der Waals surface area contributed by atoms with Gasteiger partial charge in [0.25, 0.3) is 11.8 Å². The fourth-order valence-electron chi connectivity index (χ4n) is 1.87. The zero-order chi connectivity index (χ0) is 15.9. The third-order valence-electron chi connectivity index (χ3n) is 2.97. The third kappa shape index (κ3) is 4.54. The summed E-state index contributed by atoms with van der Waals surface area (Å²) in [6.07, 6.45) is 0.801. The highest BCUT2D eigenvalue weighted by Crippen LogP contribution is 2.15. The summed E-state index contributed by atoms with van der Waals surface area (Å²) >= 11 is 3.23. The van der Waals surface area contributed by atoms with E-state index < -0.39 is 30.5 Å². The Labute approximate surface area is 135 Å². The Morgan fingerprint density at radius 3 is 2.73 bits per heavy atom. The zero-order valence-corrected chi connectivity index (χ0v) is 13.2. The Balaban J connectivity index is 1.72. The Kier molecular flexibility index (Phi) is 5.91. The topological polar surface area (TPSA) is 93.7 Å². The maximum atomic E-state index is 11.8. The number of hydrogen-bond donors (Lipinski definition) is 2. The number of hydrazine groups is 1. The normalized spacial score (nSPS) is 16.9. The molecule has 0 aromatic heterocycles. The summed E-state index contributed by atoms with van der Waals surface area (Å²) in [7, 11) is 0. The van der Waals surface area contributed by atoms with E-state index in [1.54, 1.807) is 24.3 Å². The molecule has 0 unspecified atom stereocenters. The van der Waals surface area contributed by atoms with Crippen molar-refractivity contribution in [2.24, 2.45) is 0 Å². The lowest BCUT2D eigenvalue weighted by Crippen LogP contribution is -2.44. The van der Waals surface area contributed by atoms with E-state index in [9.17, 15) is 14.4 Å². The van der Waals surface area contributed by atoms with Crippen LogP contribution in [0.15, 0.2) is 28.7 Å². The number of esters is 1. The van der Waals surface area contributed by atoms with Crippen molar-refractivity contribution < 1.29 is 23.9 Å². The van der Waals surface area contributed by atoms with E-state index in [4.69, 9.17) is 9.47 Å². The molecule has 1 atom stereocenters. The van der Waals surface area contributed by atoms with Crippen LogP contribution in [0, 0.1) is 0 Å². The second-order valence-electron chi connectivity index (χ2n) is 4.59. The standard InChI is InChI=1S/C14H15BrN2O5/c15-10-5-2-1-4-9(10)13(19)17-16-12(18)8-22-14(20)11-6-3-7-21-11/h1-2,4-5,11H,3,6-8H2,(H,16,18)(H,17,19)/t11-/m0/s1. The van der Waals surface area contributed by atoms with Crippen molar-refractivity contribution in [1.82, 2.24) is 10.9 Å². The molecule has 2 amide bonds. The number of halogens is 1. The molecular formula is C14H15BrN2O5. The molecule has 8 heteroatoms. The predicted octanol–water partition coefficient (Wildman–Crippen LogP) is 0.932. The summed E-state index contributed by atoms with van der Waals surface area (Å²) in [6.45, 7) is 0.0446. The lowest BCUT2D eigenvalue weighted by Gasteiger charge is -2.11. The predicted molar refractivity (Wildman–Crippen MR) is 79.7 cm³/mol. The SMILES string of the molecule is O=C(COC(=O)[C@@H]1CCCO1)NNC(=O)c1ccccc1Br. The average Bonchev–Trinajstić information content (AvgIpc) is 3.05. The number of amides is 2. The molecule has 118 valence electrons. The van der Waals surface area contributed by atoms with Crippen molar-refractivity contribution in [3.05, 3.63) is 34.3 Å². The summed E-state index contributed by atoms with van der Waals surface area (Å²) in [5.41, 5.74) is 4.79. The minimum Gasteiger partial charge on any atom is -0.454 e. The maximum Gasteiger partial charge on any atom is 0.335 e. The first kappa shape index (κ1) is 16.4.